The Balaban J connectivity index is 1.81. The van der Waals surface area contributed by atoms with E-state index in [1.807, 2.05) is 0 Å². The van der Waals surface area contributed by atoms with Crippen molar-refractivity contribution in [3.8, 4) is 11.3 Å². The number of nitrogens with zero attached hydrogens (tertiary/aromatic N) is 1. The summed E-state index contributed by atoms with van der Waals surface area (Å²) in [5.74, 6) is 0. The predicted octanol–water partition coefficient (Wildman–Crippen LogP) is 5.27. The van der Waals surface area contributed by atoms with Crippen LogP contribution in [0.3, 0.4) is 0 Å². The number of rotatable bonds is 1. The van der Waals surface area contributed by atoms with E-state index < -0.39 is 0 Å². The van der Waals surface area contributed by atoms with E-state index in [1.165, 1.54) is 83.7 Å². The number of aryl methyl sites for hydroxylation is 3. The Hall–Kier alpha value is -2.15. The van der Waals surface area contributed by atoms with Crippen LogP contribution in [0.4, 0.5) is 0 Å². The Morgan fingerprint density at radius 1 is 0.696 bits per heavy atom. The van der Waals surface area contributed by atoms with Crippen molar-refractivity contribution in [2.75, 3.05) is 0 Å². The summed E-state index contributed by atoms with van der Waals surface area (Å²) < 4.78 is 0. The first-order chi connectivity index (χ1) is 11.4. The summed E-state index contributed by atoms with van der Waals surface area (Å²) in [6, 6.07) is 13.6. The van der Waals surface area contributed by atoms with Crippen LogP contribution in [0.25, 0.3) is 22.0 Å². The van der Waals surface area contributed by atoms with Crippen LogP contribution in [-0.4, -0.2) is 4.98 Å². The molecule has 0 radical (unpaired) electrons. The zero-order valence-corrected chi connectivity index (χ0v) is 13.4. The molecule has 0 saturated heterocycles. The molecule has 1 aromatic heterocycles. The summed E-state index contributed by atoms with van der Waals surface area (Å²) in [6.45, 7) is 0. The van der Waals surface area contributed by atoms with Gasteiger partial charge in [-0.3, -0.25) is 4.98 Å². The highest BCUT2D eigenvalue weighted by molar-refractivity contribution is 5.99. The molecule has 0 atom stereocenters. The Morgan fingerprint density at radius 3 is 2.48 bits per heavy atom. The van der Waals surface area contributed by atoms with Gasteiger partial charge in [0.05, 0.1) is 5.69 Å². The maximum atomic E-state index is 4.93. The molecule has 0 aliphatic heterocycles. The van der Waals surface area contributed by atoms with Gasteiger partial charge in [-0.2, -0.15) is 0 Å². The zero-order chi connectivity index (χ0) is 15.2. The molecule has 0 fully saturated rings. The average molecular weight is 299 g/mol. The molecule has 0 bridgehead atoms. The molecule has 2 aromatic carbocycles. The molecule has 1 heterocycles. The van der Waals surface area contributed by atoms with Crippen molar-refractivity contribution in [2.45, 2.75) is 44.9 Å². The van der Waals surface area contributed by atoms with Gasteiger partial charge in [0.25, 0.3) is 0 Å². The van der Waals surface area contributed by atoms with Gasteiger partial charge in [0, 0.05) is 17.1 Å². The fraction of sp³-hybridized carbons (Fsp3) is 0.318. The highest BCUT2D eigenvalue weighted by Crippen LogP contribution is 2.37. The lowest BCUT2D eigenvalue weighted by Gasteiger charge is -2.22. The number of pyridine rings is 1. The highest BCUT2D eigenvalue weighted by atomic mass is 14.7. The van der Waals surface area contributed by atoms with E-state index in [9.17, 15) is 0 Å². The third-order valence-electron chi connectivity index (χ3n) is 5.62. The number of hydrogen-bond acceptors (Lipinski definition) is 1. The normalized spacial score (nSPS) is 16.3. The quantitative estimate of drug-likeness (QED) is 0.596. The lowest BCUT2D eigenvalue weighted by atomic mass is 9.84. The molecule has 1 nitrogen and oxygen atoms in total. The largest absolute Gasteiger partial charge is 0.255 e. The van der Waals surface area contributed by atoms with Crippen LogP contribution in [0, 0.1) is 0 Å². The van der Waals surface area contributed by atoms with E-state index in [0.717, 1.165) is 0 Å². The summed E-state index contributed by atoms with van der Waals surface area (Å²) in [5, 5.41) is 2.84. The lowest BCUT2D eigenvalue weighted by molar-refractivity contribution is 0.686. The average Bonchev–Trinajstić information content (AvgIpc) is 2.62. The molecule has 0 spiro atoms. The Morgan fingerprint density at radius 2 is 1.48 bits per heavy atom. The molecule has 23 heavy (non-hydrogen) atoms. The van der Waals surface area contributed by atoms with Gasteiger partial charge in [0.2, 0.25) is 0 Å². The van der Waals surface area contributed by atoms with E-state index in [0.29, 0.717) is 0 Å². The van der Waals surface area contributed by atoms with Crippen LogP contribution in [0.15, 0.2) is 42.6 Å². The molecule has 2 aliphatic carbocycles. The van der Waals surface area contributed by atoms with E-state index in [-0.39, 0.29) is 0 Å². The van der Waals surface area contributed by atoms with Crippen LogP contribution in [0.5, 0.6) is 0 Å². The summed E-state index contributed by atoms with van der Waals surface area (Å²) in [6.07, 6.45) is 10.9. The fourth-order valence-corrected chi connectivity index (χ4v) is 4.54. The minimum Gasteiger partial charge on any atom is -0.255 e. The van der Waals surface area contributed by atoms with Gasteiger partial charge in [-0.15, -0.1) is 0 Å². The van der Waals surface area contributed by atoms with E-state index in [1.54, 1.807) is 5.56 Å². The zero-order valence-electron chi connectivity index (χ0n) is 13.4. The van der Waals surface area contributed by atoms with Gasteiger partial charge in [0.1, 0.15) is 0 Å². The molecule has 0 N–H and O–H groups in total. The minimum absolute atomic E-state index is 1.17. The van der Waals surface area contributed by atoms with Crippen LogP contribution in [0.1, 0.15) is 41.5 Å². The van der Waals surface area contributed by atoms with Gasteiger partial charge in [-0.05, 0) is 72.6 Å². The highest BCUT2D eigenvalue weighted by Gasteiger charge is 2.19. The lowest BCUT2D eigenvalue weighted by Crippen LogP contribution is -2.07. The number of hydrogen-bond donors (Lipinski definition) is 0. The van der Waals surface area contributed by atoms with Crippen LogP contribution in [0.2, 0.25) is 0 Å². The van der Waals surface area contributed by atoms with E-state index in [4.69, 9.17) is 4.98 Å². The number of fused-ring (bicyclic) bond motifs is 1. The monoisotopic (exact) mass is 299 g/mol. The maximum absolute atomic E-state index is 4.93. The molecule has 3 aromatic rings. The third-order valence-corrected chi connectivity index (χ3v) is 5.62. The molecular weight excluding hydrogens is 278 g/mol. The maximum Gasteiger partial charge on any atom is 0.0783 e. The second kappa shape index (κ2) is 5.19. The molecule has 114 valence electrons. The molecule has 1 heteroatoms. The van der Waals surface area contributed by atoms with Crippen LogP contribution >= 0.6 is 0 Å². The summed E-state index contributed by atoms with van der Waals surface area (Å²) in [7, 11) is 0. The topological polar surface area (TPSA) is 12.9 Å². The standard InChI is InChI=1S/C22H21N/c1-2-11-18-15(6-1)7-4-12-19(18)22-20-13-5-9-16-8-3-10-17(14-23-22)21(16)20/h4-5,7,9,12-14H,1-3,6,8,10-11H2. The molecule has 0 amide bonds. The van der Waals surface area contributed by atoms with Gasteiger partial charge in [0.15, 0.2) is 0 Å². The second-order valence-electron chi connectivity index (χ2n) is 6.98. The second-order valence-corrected chi connectivity index (χ2v) is 6.98. The molecule has 5 rings (SSSR count). The van der Waals surface area contributed by atoms with Crippen LogP contribution in [-0.2, 0) is 25.7 Å². The predicted molar refractivity (Wildman–Crippen MR) is 95.8 cm³/mol. The first kappa shape index (κ1) is 13.3. The molecular formula is C22H21N. The Bertz CT molecular complexity index is 897. The SMILES string of the molecule is c1cc2c(c(-c3ncc4c5c(cccc35)CCC4)c1)CCCC2. The Kier molecular flexibility index (Phi) is 3.00. The van der Waals surface area contributed by atoms with E-state index in [2.05, 4.69) is 42.6 Å². The van der Waals surface area contributed by atoms with Gasteiger partial charge >= 0.3 is 0 Å². The van der Waals surface area contributed by atoms with Crippen molar-refractivity contribution in [3.63, 3.8) is 0 Å². The summed E-state index contributed by atoms with van der Waals surface area (Å²) in [4.78, 5) is 4.93. The van der Waals surface area contributed by atoms with Gasteiger partial charge in [-0.25, -0.2) is 0 Å². The fourth-order valence-electron chi connectivity index (χ4n) is 4.54. The smallest absolute Gasteiger partial charge is 0.0783 e. The number of benzene rings is 2. The number of aromatic nitrogens is 1. The van der Waals surface area contributed by atoms with E-state index >= 15 is 0 Å². The van der Waals surface area contributed by atoms with Crippen molar-refractivity contribution in [1.82, 2.24) is 4.98 Å². The first-order valence-electron chi connectivity index (χ1n) is 8.92. The Labute approximate surface area is 137 Å². The summed E-state index contributed by atoms with van der Waals surface area (Å²) >= 11 is 0. The van der Waals surface area contributed by atoms with Crippen molar-refractivity contribution in [2.24, 2.45) is 0 Å². The first-order valence-corrected chi connectivity index (χ1v) is 8.92. The van der Waals surface area contributed by atoms with Crippen LogP contribution < -0.4 is 0 Å². The summed E-state index contributed by atoms with van der Waals surface area (Å²) in [5.41, 5.74) is 8.61. The third kappa shape index (κ3) is 2.03. The molecule has 0 unspecified atom stereocenters. The van der Waals surface area contributed by atoms with Crippen molar-refractivity contribution in [3.05, 3.63) is 64.8 Å². The van der Waals surface area contributed by atoms with Crippen molar-refractivity contribution >= 4 is 10.8 Å². The van der Waals surface area contributed by atoms with Gasteiger partial charge in [-0.1, -0.05) is 36.4 Å². The van der Waals surface area contributed by atoms with Crippen molar-refractivity contribution < 1.29 is 0 Å². The van der Waals surface area contributed by atoms with Crippen molar-refractivity contribution in [1.29, 1.82) is 0 Å². The molecule has 2 aliphatic rings. The minimum atomic E-state index is 1.17. The van der Waals surface area contributed by atoms with Gasteiger partial charge < -0.3 is 0 Å². The molecule has 0 saturated carbocycles.